The van der Waals surface area contributed by atoms with Crippen molar-refractivity contribution in [3.63, 3.8) is 0 Å². The van der Waals surface area contributed by atoms with Crippen molar-refractivity contribution in [2.75, 3.05) is 5.73 Å². The molecule has 1 aromatic heterocycles. The molecular formula is C11H10F2N4O2. The van der Waals surface area contributed by atoms with E-state index in [1.54, 1.807) is 6.92 Å². The summed E-state index contributed by atoms with van der Waals surface area (Å²) in [5, 5.41) is 5.99. The average molecular weight is 268 g/mol. The van der Waals surface area contributed by atoms with Crippen LogP contribution in [0.1, 0.15) is 22.1 Å². The molecule has 0 aliphatic carbocycles. The third-order valence-electron chi connectivity index (χ3n) is 2.31. The highest BCUT2D eigenvalue weighted by Crippen LogP contribution is 2.16. The van der Waals surface area contributed by atoms with Crippen LogP contribution in [0.5, 0.6) is 0 Å². The van der Waals surface area contributed by atoms with Crippen LogP contribution in [0.2, 0.25) is 0 Å². The van der Waals surface area contributed by atoms with E-state index in [1.165, 1.54) is 0 Å². The summed E-state index contributed by atoms with van der Waals surface area (Å²) in [5.41, 5.74) is 5.14. The van der Waals surface area contributed by atoms with E-state index in [-0.39, 0.29) is 23.6 Å². The van der Waals surface area contributed by atoms with Gasteiger partial charge in [0, 0.05) is 18.7 Å². The molecule has 19 heavy (non-hydrogen) atoms. The highest BCUT2D eigenvalue weighted by molar-refractivity contribution is 5.99. The first-order valence-electron chi connectivity index (χ1n) is 5.29. The van der Waals surface area contributed by atoms with Gasteiger partial charge in [-0.2, -0.15) is 4.98 Å². The number of hydrogen-bond acceptors (Lipinski definition) is 5. The van der Waals surface area contributed by atoms with Crippen LogP contribution in [0.4, 0.5) is 14.5 Å². The van der Waals surface area contributed by atoms with E-state index >= 15 is 0 Å². The van der Waals surface area contributed by atoms with Crippen molar-refractivity contribution in [1.29, 1.82) is 0 Å². The quantitative estimate of drug-likeness (QED) is 0.815. The van der Waals surface area contributed by atoms with Crippen molar-refractivity contribution in [2.24, 2.45) is 0 Å². The van der Waals surface area contributed by atoms with Crippen LogP contribution in [0.15, 0.2) is 16.7 Å². The monoisotopic (exact) mass is 268 g/mol. The number of carbonyl (C=O) groups excluding carboxylic acids is 1. The lowest BCUT2D eigenvalue weighted by Gasteiger charge is -2.06. The first-order valence-corrected chi connectivity index (χ1v) is 5.29. The third kappa shape index (κ3) is 2.84. The number of hydrogen-bond donors (Lipinski definition) is 2. The Morgan fingerprint density at radius 2 is 2.11 bits per heavy atom. The number of anilines is 1. The van der Waals surface area contributed by atoms with Gasteiger partial charge in [0.15, 0.2) is 17.5 Å². The zero-order chi connectivity index (χ0) is 14.0. The van der Waals surface area contributed by atoms with Crippen LogP contribution < -0.4 is 11.1 Å². The molecular weight excluding hydrogens is 258 g/mol. The van der Waals surface area contributed by atoms with Crippen molar-refractivity contribution < 1.29 is 18.1 Å². The molecule has 3 N–H and O–H groups in total. The zero-order valence-electron chi connectivity index (χ0n) is 9.91. The highest BCUT2D eigenvalue weighted by Gasteiger charge is 2.14. The van der Waals surface area contributed by atoms with Crippen LogP contribution in [-0.2, 0) is 6.54 Å². The Bertz CT molecular complexity index is 627. The summed E-state index contributed by atoms with van der Waals surface area (Å²) in [5.74, 6) is -2.28. The number of aryl methyl sites for hydroxylation is 1. The van der Waals surface area contributed by atoms with Gasteiger partial charge in [-0.05, 0) is 6.07 Å². The lowest BCUT2D eigenvalue weighted by molar-refractivity contribution is 0.0950. The maximum absolute atomic E-state index is 13.0. The molecule has 2 rings (SSSR count). The molecule has 0 unspecified atom stereocenters. The predicted octanol–water partition coefficient (Wildman–Crippen LogP) is 1.17. The van der Waals surface area contributed by atoms with E-state index in [9.17, 15) is 13.6 Å². The smallest absolute Gasteiger partial charge is 0.253 e. The molecule has 0 aliphatic rings. The van der Waals surface area contributed by atoms with Gasteiger partial charge in [0.1, 0.15) is 0 Å². The molecule has 0 saturated carbocycles. The largest absolute Gasteiger partial charge is 0.398 e. The Hall–Kier alpha value is -2.51. The second-order valence-electron chi connectivity index (χ2n) is 3.77. The summed E-state index contributed by atoms with van der Waals surface area (Å²) in [6.07, 6.45) is 0. The Morgan fingerprint density at radius 3 is 2.74 bits per heavy atom. The van der Waals surface area contributed by atoms with E-state index in [0.717, 1.165) is 12.1 Å². The molecule has 0 atom stereocenters. The van der Waals surface area contributed by atoms with Gasteiger partial charge >= 0.3 is 0 Å². The van der Waals surface area contributed by atoms with Gasteiger partial charge in [0.25, 0.3) is 5.91 Å². The molecule has 1 aromatic carbocycles. The fourth-order valence-corrected chi connectivity index (χ4v) is 1.43. The van der Waals surface area contributed by atoms with E-state index in [0.29, 0.717) is 5.89 Å². The second-order valence-corrected chi connectivity index (χ2v) is 3.77. The Kier molecular flexibility index (Phi) is 3.41. The standard InChI is InChI=1S/C11H10F2N4O2/c1-5-16-10(17-19-5)4-15-11(18)6-2-7(12)8(13)3-9(6)14/h2-3H,4,14H2,1H3,(H,15,18). The van der Waals surface area contributed by atoms with Gasteiger partial charge in [-0.3, -0.25) is 4.79 Å². The van der Waals surface area contributed by atoms with Gasteiger partial charge in [-0.25, -0.2) is 8.78 Å². The van der Waals surface area contributed by atoms with Crippen LogP contribution >= 0.6 is 0 Å². The number of nitrogens with zero attached hydrogens (tertiary/aromatic N) is 2. The van der Waals surface area contributed by atoms with Crippen LogP contribution in [0, 0.1) is 18.6 Å². The summed E-state index contributed by atoms with van der Waals surface area (Å²) in [6, 6.07) is 1.49. The first-order chi connectivity index (χ1) is 8.97. The van der Waals surface area contributed by atoms with E-state index in [1.807, 2.05) is 0 Å². The normalized spacial score (nSPS) is 10.5. The van der Waals surface area contributed by atoms with Crippen LogP contribution in [0.25, 0.3) is 0 Å². The van der Waals surface area contributed by atoms with E-state index in [4.69, 9.17) is 10.3 Å². The van der Waals surface area contributed by atoms with Crippen molar-refractivity contribution in [1.82, 2.24) is 15.5 Å². The number of carbonyl (C=O) groups is 1. The van der Waals surface area contributed by atoms with Crippen molar-refractivity contribution in [3.05, 3.63) is 41.0 Å². The summed E-state index contributed by atoms with van der Waals surface area (Å²) in [4.78, 5) is 15.6. The SMILES string of the molecule is Cc1nc(CNC(=O)c2cc(F)c(F)cc2N)no1. The van der Waals surface area contributed by atoms with Crippen LogP contribution in [0.3, 0.4) is 0 Å². The number of aromatic nitrogens is 2. The molecule has 100 valence electrons. The number of nitrogens with two attached hydrogens (primary N) is 1. The molecule has 1 heterocycles. The fourth-order valence-electron chi connectivity index (χ4n) is 1.43. The maximum Gasteiger partial charge on any atom is 0.253 e. The Balaban J connectivity index is 2.10. The molecule has 2 aromatic rings. The second kappa shape index (κ2) is 5.01. The number of nitrogens with one attached hydrogen (secondary N) is 1. The van der Waals surface area contributed by atoms with E-state index < -0.39 is 17.5 Å². The summed E-state index contributed by atoms with van der Waals surface area (Å²) < 4.78 is 30.6. The summed E-state index contributed by atoms with van der Waals surface area (Å²) in [6.45, 7) is 1.60. The van der Waals surface area contributed by atoms with Gasteiger partial charge in [-0.15, -0.1) is 0 Å². The minimum Gasteiger partial charge on any atom is -0.398 e. The number of halogens is 2. The molecule has 0 radical (unpaired) electrons. The molecule has 0 spiro atoms. The molecule has 0 aliphatic heterocycles. The van der Waals surface area contributed by atoms with Gasteiger partial charge in [0.2, 0.25) is 5.89 Å². The number of nitrogen functional groups attached to an aromatic ring is 1. The van der Waals surface area contributed by atoms with Crippen LogP contribution in [-0.4, -0.2) is 16.0 Å². The Labute approximate surface area is 106 Å². The first kappa shape index (κ1) is 12.9. The minimum absolute atomic E-state index is 0.00535. The number of amides is 1. The van der Waals surface area contributed by atoms with Gasteiger partial charge < -0.3 is 15.6 Å². The van der Waals surface area contributed by atoms with Crippen molar-refractivity contribution >= 4 is 11.6 Å². The van der Waals surface area contributed by atoms with E-state index in [2.05, 4.69) is 15.5 Å². The highest BCUT2D eigenvalue weighted by atomic mass is 19.2. The minimum atomic E-state index is -1.14. The predicted molar refractivity (Wildman–Crippen MR) is 61.0 cm³/mol. The zero-order valence-corrected chi connectivity index (χ0v) is 9.91. The molecule has 1 amide bonds. The lowest BCUT2D eigenvalue weighted by atomic mass is 10.1. The van der Waals surface area contributed by atoms with Crippen molar-refractivity contribution in [3.8, 4) is 0 Å². The lowest BCUT2D eigenvalue weighted by Crippen LogP contribution is -2.24. The molecule has 0 bridgehead atoms. The fraction of sp³-hybridized carbons (Fsp3) is 0.182. The average Bonchev–Trinajstić information content (AvgIpc) is 2.77. The molecule has 0 fully saturated rings. The maximum atomic E-state index is 13.0. The Morgan fingerprint density at radius 1 is 1.42 bits per heavy atom. The van der Waals surface area contributed by atoms with Crippen molar-refractivity contribution in [2.45, 2.75) is 13.5 Å². The van der Waals surface area contributed by atoms with Gasteiger partial charge in [-0.1, -0.05) is 5.16 Å². The van der Waals surface area contributed by atoms with Gasteiger partial charge in [0.05, 0.1) is 12.1 Å². The molecule has 8 heteroatoms. The summed E-state index contributed by atoms with van der Waals surface area (Å²) in [7, 11) is 0. The third-order valence-corrected chi connectivity index (χ3v) is 2.31. The topological polar surface area (TPSA) is 94.0 Å². The number of rotatable bonds is 3. The molecule has 0 saturated heterocycles. The molecule has 6 nitrogen and oxygen atoms in total. The number of benzene rings is 1. The summed E-state index contributed by atoms with van der Waals surface area (Å²) >= 11 is 0.